The van der Waals surface area contributed by atoms with Gasteiger partial charge >= 0.3 is 5.69 Å². The number of aromatic nitrogens is 2. The van der Waals surface area contributed by atoms with Crippen molar-refractivity contribution in [1.82, 2.24) is 9.55 Å². The van der Waals surface area contributed by atoms with Crippen molar-refractivity contribution in [2.45, 2.75) is 24.5 Å². The van der Waals surface area contributed by atoms with Gasteiger partial charge < -0.3 is 14.9 Å². The lowest BCUT2D eigenvalue weighted by Crippen LogP contribution is -2.37. The molecular weight excluding hydrogens is 235 g/mol. The Morgan fingerprint density at radius 1 is 1.41 bits per heavy atom. The summed E-state index contributed by atoms with van der Waals surface area (Å²) in [6.45, 7) is -0.979. The minimum atomic E-state index is -1.43. The zero-order valence-corrected chi connectivity index (χ0v) is 8.62. The largest absolute Gasteiger partial charge is 0.387 e. The molecule has 0 spiro atoms. The minimum absolute atomic E-state index is 0.596. The molecule has 0 aliphatic carbocycles. The van der Waals surface area contributed by atoms with Crippen molar-refractivity contribution >= 4 is 0 Å². The quantitative estimate of drug-likeness (QED) is 0.567. The molecule has 17 heavy (non-hydrogen) atoms. The van der Waals surface area contributed by atoms with Crippen molar-refractivity contribution in [1.29, 1.82) is 0 Å². The average molecular weight is 246 g/mol. The fourth-order valence-corrected chi connectivity index (χ4v) is 1.71. The smallest absolute Gasteiger partial charge is 0.330 e. The third kappa shape index (κ3) is 2.02. The predicted octanol–water partition coefficient (Wildman–Crippen LogP) is -1.87. The minimum Gasteiger partial charge on any atom is -0.387 e. The lowest BCUT2D eigenvalue weighted by Gasteiger charge is -2.16. The number of halogens is 1. The van der Waals surface area contributed by atoms with Crippen LogP contribution in [-0.4, -0.2) is 44.8 Å². The fraction of sp³-hybridized carbons (Fsp3) is 0.556. The molecule has 1 aromatic heterocycles. The highest BCUT2D eigenvalue weighted by molar-refractivity contribution is 4.92. The fourth-order valence-electron chi connectivity index (χ4n) is 1.71. The number of aliphatic hydroxyl groups is 2. The summed E-state index contributed by atoms with van der Waals surface area (Å²) < 4.78 is 18.3. The number of nitrogens with zero attached hydrogens (tertiary/aromatic N) is 1. The summed E-state index contributed by atoms with van der Waals surface area (Å²) >= 11 is 0. The Morgan fingerprint density at radius 2 is 2.12 bits per heavy atom. The number of aliphatic hydroxyl groups excluding tert-OH is 2. The maximum absolute atomic E-state index is 12.4. The van der Waals surface area contributed by atoms with E-state index in [1.165, 1.54) is 0 Å². The van der Waals surface area contributed by atoms with E-state index in [-0.39, 0.29) is 0 Å². The highest BCUT2D eigenvalue weighted by Gasteiger charge is 2.43. The summed E-state index contributed by atoms with van der Waals surface area (Å²) in [5, 5.41) is 19.0. The van der Waals surface area contributed by atoms with Gasteiger partial charge in [0.1, 0.15) is 25.0 Å². The molecule has 1 saturated heterocycles. The molecule has 2 unspecified atom stereocenters. The first-order chi connectivity index (χ1) is 8.04. The molecule has 0 saturated carbocycles. The molecule has 2 heterocycles. The molecule has 1 fully saturated rings. The van der Waals surface area contributed by atoms with Crippen molar-refractivity contribution in [2.75, 3.05) is 6.67 Å². The van der Waals surface area contributed by atoms with Crippen LogP contribution < -0.4 is 11.2 Å². The van der Waals surface area contributed by atoms with Crippen LogP contribution in [0.1, 0.15) is 6.23 Å². The van der Waals surface area contributed by atoms with Crippen molar-refractivity contribution in [3.05, 3.63) is 33.1 Å². The molecule has 0 aromatic carbocycles. The maximum Gasteiger partial charge on any atom is 0.330 e. The zero-order valence-electron chi connectivity index (χ0n) is 8.62. The van der Waals surface area contributed by atoms with Gasteiger partial charge in [0, 0.05) is 12.3 Å². The summed E-state index contributed by atoms with van der Waals surface area (Å²) in [5.41, 5.74) is -1.39. The lowest BCUT2D eigenvalue weighted by atomic mass is 10.1. The Hall–Kier alpha value is -1.51. The van der Waals surface area contributed by atoms with Crippen molar-refractivity contribution in [3.8, 4) is 0 Å². The van der Waals surface area contributed by atoms with Gasteiger partial charge in [0.05, 0.1) is 0 Å². The number of aromatic amines is 1. The number of H-pyrrole nitrogens is 1. The molecule has 8 heteroatoms. The van der Waals surface area contributed by atoms with Gasteiger partial charge in [-0.1, -0.05) is 0 Å². The Labute approximate surface area is 94.1 Å². The number of rotatable bonds is 2. The highest BCUT2D eigenvalue weighted by Crippen LogP contribution is 2.28. The van der Waals surface area contributed by atoms with Crippen LogP contribution in [0.3, 0.4) is 0 Å². The highest BCUT2D eigenvalue weighted by atomic mass is 19.1. The molecule has 4 atom stereocenters. The molecular formula is C9H11FN2O5. The number of hydrogen-bond donors (Lipinski definition) is 3. The standard InChI is InChI=1S/C9H11FN2O5/c10-3-4-6(14)7(15)8(17-4)12-2-1-5(13)11-9(12)16/h1-2,4,6-8,14-15H,3H2,(H,11,13,16)/t4-,6?,7?,8-/m0/s1. The van der Waals surface area contributed by atoms with E-state index in [1.807, 2.05) is 4.98 Å². The van der Waals surface area contributed by atoms with Gasteiger partial charge in [-0.05, 0) is 0 Å². The second kappa shape index (κ2) is 4.40. The molecule has 2 rings (SSSR count). The molecule has 94 valence electrons. The van der Waals surface area contributed by atoms with Gasteiger partial charge in [-0.25, -0.2) is 9.18 Å². The van der Waals surface area contributed by atoms with Gasteiger partial charge in [-0.2, -0.15) is 0 Å². The lowest BCUT2D eigenvalue weighted by molar-refractivity contribution is -0.0454. The summed E-state index contributed by atoms with van der Waals surface area (Å²) in [6, 6.07) is 1.06. The van der Waals surface area contributed by atoms with E-state index >= 15 is 0 Å². The van der Waals surface area contributed by atoms with E-state index in [9.17, 15) is 24.2 Å². The summed E-state index contributed by atoms with van der Waals surface area (Å²) in [4.78, 5) is 24.2. The molecule has 1 aliphatic heterocycles. The van der Waals surface area contributed by atoms with Crippen LogP contribution in [0.4, 0.5) is 4.39 Å². The van der Waals surface area contributed by atoms with Crippen LogP contribution in [0.25, 0.3) is 0 Å². The van der Waals surface area contributed by atoms with Crippen LogP contribution >= 0.6 is 0 Å². The number of nitrogens with one attached hydrogen (secondary N) is 1. The van der Waals surface area contributed by atoms with E-state index in [1.54, 1.807) is 0 Å². The Morgan fingerprint density at radius 3 is 2.65 bits per heavy atom. The maximum atomic E-state index is 12.4. The Balaban J connectivity index is 2.35. The zero-order chi connectivity index (χ0) is 12.6. The van der Waals surface area contributed by atoms with Gasteiger partial charge in [0.2, 0.25) is 0 Å². The van der Waals surface area contributed by atoms with E-state index in [0.717, 1.165) is 16.8 Å². The Kier molecular flexibility index (Phi) is 3.09. The van der Waals surface area contributed by atoms with Crippen LogP contribution in [0.2, 0.25) is 0 Å². The predicted molar refractivity (Wildman–Crippen MR) is 53.2 cm³/mol. The topological polar surface area (TPSA) is 105 Å². The van der Waals surface area contributed by atoms with Gasteiger partial charge in [0.15, 0.2) is 6.23 Å². The van der Waals surface area contributed by atoms with Crippen LogP contribution in [0, 0.1) is 0 Å². The van der Waals surface area contributed by atoms with E-state index in [2.05, 4.69) is 0 Å². The molecule has 7 nitrogen and oxygen atoms in total. The van der Waals surface area contributed by atoms with Crippen LogP contribution in [0.5, 0.6) is 0 Å². The van der Waals surface area contributed by atoms with Crippen LogP contribution in [0.15, 0.2) is 21.9 Å². The second-order valence-corrected chi connectivity index (χ2v) is 3.72. The summed E-state index contributed by atoms with van der Waals surface area (Å²) in [5.74, 6) is 0. The normalized spacial score (nSPS) is 32.9. The molecule has 1 aromatic rings. The van der Waals surface area contributed by atoms with Gasteiger partial charge in [0.25, 0.3) is 5.56 Å². The van der Waals surface area contributed by atoms with Crippen molar-refractivity contribution < 1.29 is 19.3 Å². The number of ether oxygens (including phenoxy) is 1. The molecule has 0 radical (unpaired) electrons. The number of hydrogen-bond acceptors (Lipinski definition) is 5. The van der Waals surface area contributed by atoms with Gasteiger partial charge in [-0.3, -0.25) is 14.3 Å². The molecule has 1 aliphatic rings. The molecule has 0 amide bonds. The summed E-state index contributed by atoms with van der Waals surface area (Å²) in [7, 11) is 0. The van der Waals surface area contributed by atoms with E-state index in [0.29, 0.717) is 0 Å². The second-order valence-electron chi connectivity index (χ2n) is 3.72. The first kappa shape index (κ1) is 12.0. The van der Waals surface area contributed by atoms with Crippen molar-refractivity contribution in [3.63, 3.8) is 0 Å². The van der Waals surface area contributed by atoms with Crippen LogP contribution in [-0.2, 0) is 4.74 Å². The summed E-state index contributed by atoms with van der Waals surface area (Å²) in [6.07, 6.45) is -4.13. The molecule has 0 bridgehead atoms. The van der Waals surface area contributed by atoms with Crippen molar-refractivity contribution in [2.24, 2.45) is 0 Å². The third-order valence-electron chi connectivity index (χ3n) is 2.61. The molecule has 3 N–H and O–H groups in total. The third-order valence-corrected chi connectivity index (χ3v) is 2.61. The van der Waals surface area contributed by atoms with E-state index < -0.39 is 42.5 Å². The Bertz CT molecular complexity index is 513. The first-order valence-electron chi connectivity index (χ1n) is 4.93. The van der Waals surface area contributed by atoms with E-state index in [4.69, 9.17) is 4.74 Å². The average Bonchev–Trinajstić information content (AvgIpc) is 2.57. The monoisotopic (exact) mass is 246 g/mol. The SMILES string of the molecule is O=c1ccn([C@H]2O[C@@H](CF)C(O)C2O)c(=O)[nH]1. The first-order valence-corrected chi connectivity index (χ1v) is 4.93. The number of alkyl halides is 1. The van der Waals surface area contributed by atoms with Gasteiger partial charge in [-0.15, -0.1) is 0 Å².